The summed E-state index contributed by atoms with van der Waals surface area (Å²) >= 11 is 0. The van der Waals surface area contributed by atoms with Crippen molar-refractivity contribution in [3.63, 3.8) is 0 Å². The first-order valence-corrected chi connectivity index (χ1v) is 13.3. The maximum atomic E-state index is 13.3. The summed E-state index contributed by atoms with van der Waals surface area (Å²) in [5, 5.41) is 13.6. The maximum Gasteiger partial charge on any atom is 0.252 e. The van der Waals surface area contributed by atoms with Gasteiger partial charge in [0.1, 0.15) is 5.75 Å². The molecule has 204 valence electrons. The Kier molecular flexibility index (Phi) is 7.16. The molecule has 1 fully saturated rings. The van der Waals surface area contributed by atoms with Crippen LogP contribution in [0.1, 0.15) is 49.2 Å². The van der Waals surface area contributed by atoms with Crippen molar-refractivity contribution in [3.8, 4) is 17.2 Å². The molecule has 0 saturated carbocycles. The van der Waals surface area contributed by atoms with Crippen LogP contribution in [-0.4, -0.2) is 56.7 Å². The van der Waals surface area contributed by atoms with E-state index < -0.39 is 0 Å². The number of fused-ring (bicyclic) bond motifs is 2. The second kappa shape index (κ2) is 11.0. The van der Waals surface area contributed by atoms with Gasteiger partial charge in [0.15, 0.2) is 17.3 Å². The molecular formula is C28H32N6O5. The van der Waals surface area contributed by atoms with Crippen molar-refractivity contribution in [3.05, 3.63) is 69.8 Å². The van der Waals surface area contributed by atoms with E-state index in [0.717, 1.165) is 48.4 Å². The highest BCUT2D eigenvalue weighted by atomic mass is 16.7. The predicted molar refractivity (Wildman–Crippen MR) is 143 cm³/mol. The normalized spacial score (nSPS) is 17.3. The first-order valence-electron chi connectivity index (χ1n) is 13.3. The molecular weight excluding hydrogens is 500 g/mol. The van der Waals surface area contributed by atoms with Gasteiger partial charge < -0.3 is 23.9 Å². The number of H-pyrrole nitrogens is 1. The Balaban J connectivity index is 1.37. The largest absolute Gasteiger partial charge is 0.496 e. The number of hydrogen-bond donors (Lipinski definition) is 1. The highest BCUT2D eigenvalue weighted by molar-refractivity contribution is 5.83. The Hall–Kier alpha value is -3.96. The predicted octanol–water partition coefficient (Wildman–Crippen LogP) is 3.58. The van der Waals surface area contributed by atoms with E-state index in [1.165, 1.54) is 0 Å². The Bertz CT molecular complexity index is 1510. The number of pyridine rings is 1. The van der Waals surface area contributed by atoms with E-state index in [4.69, 9.17) is 18.9 Å². The van der Waals surface area contributed by atoms with Crippen molar-refractivity contribution in [1.82, 2.24) is 30.1 Å². The lowest BCUT2D eigenvalue weighted by Crippen LogP contribution is -2.33. The van der Waals surface area contributed by atoms with Gasteiger partial charge in [-0.1, -0.05) is 25.1 Å². The molecule has 2 atom stereocenters. The van der Waals surface area contributed by atoms with E-state index in [0.29, 0.717) is 42.2 Å². The Morgan fingerprint density at radius 2 is 1.97 bits per heavy atom. The summed E-state index contributed by atoms with van der Waals surface area (Å²) < 4.78 is 24.4. The number of benzene rings is 2. The maximum absolute atomic E-state index is 13.3. The van der Waals surface area contributed by atoms with Gasteiger partial charge >= 0.3 is 0 Å². The van der Waals surface area contributed by atoms with Gasteiger partial charge in [-0.3, -0.25) is 9.69 Å². The van der Waals surface area contributed by atoms with Crippen LogP contribution < -0.4 is 19.8 Å². The lowest BCUT2D eigenvalue weighted by molar-refractivity contribution is 0.0887. The van der Waals surface area contributed by atoms with Crippen molar-refractivity contribution in [2.45, 2.75) is 58.0 Å². The molecule has 4 heterocycles. The average Bonchev–Trinajstić information content (AvgIpc) is 3.72. The molecule has 0 radical (unpaired) electrons. The van der Waals surface area contributed by atoms with E-state index in [2.05, 4.69) is 32.3 Å². The molecule has 2 aliphatic rings. The fourth-order valence-electron chi connectivity index (χ4n) is 5.47. The van der Waals surface area contributed by atoms with Crippen LogP contribution in [0, 0.1) is 0 Å². The van der Waals surface area contributed by atoms with Crippen LogP contribution in [-0.2, 0) is 24.4 Å². The third-order valence-corrected chi connectivity index (χ3v) is 7.44. The topological polar surface area (TPSA) is 117 Å². The second-order valence-electron chi connectivity index (χ2n) is 9.91. The van der Waals surface area contributed by atoms with E-state index in [1.807, 2.05) is 47.1 Å². The second-order valence-corrected chi connectivity index (χ2v) is 9.91. The van der Waals surface area contributed by atoms with Gasteiger partial charge in [-0.2, -0.15) is 0 Å². The third kappa shape index (κ3) is 5.19. The lowest BCUT2D eigenvalue weighted by atomic mass is 10.1. The molecule has 0 unspecified atom stereocenters. The van der Waals surface area contributed by atoms with Crippen molar-refractivity contribution >= 4 is 10.9 Å². The van der Waals surface area contributed by atoms with Crippen molar-refractivity contribution in [1.29, 1.82) is 0 Å². The molecule has 11 heteroatoms. The van der Waals surface area contributed by atoms with E-state index >= 15 is 0 Å². The molecule has 1 saturated heterocycles. The number of tetrazole rings is 1. The van der Waals surface area contributed by atoms with Gasteiger partial charge in [0, 0.05) is 42.3 Å². The minimum absolute atomic E-state index is 0.101. The zero-order chi connectivity index (χ0) is 26.8. The van der Waals surface area contributed by atoms with Gasteiger partial charge in [0.05, 0.1) is 31.3 Å². The number of aromatic nitrogens is 5. The molecule has 0 spiro atoms. The number of ether oxygens (including phenoxy) is 4. The lowest BCUT2D eigenvalue weighted by Gasteiger charge is -2.31. The van der Waals surface area contributed by atoms with Gasteiger partial charge in [-0.15, -0.1) is 5.10 Å². The SMILES string of the molecule is CC[C@H](c1nnnn1C[C@H]1CCCO1)N(Cc1ccccc1OC)Cc1cc2cc3c(cc2[nH]c1=O)OCO3. The summed E-state index contributed by atoms with van der Waals surface area (Å²) in [6.07, 6.45) is 2.88. The molecule has 0 aliphatic carbocycles. The number of nitrogens with one attached hydrogen (secondary N) is 1. The number of nitrogens with zero attached hydrogens (tertiary/aromatic N) is 5. The summed E-state index contributed by atoms with van der Waals surface area (Å²) in [5.74, 6) is 2.85. The summed E-state index contributed by atoms with van der Waals surface area (Å²) in [7, 11) is 1.67. The Morgan fingerprint density at radius 3 is 2.77 bits per heavy atom. The molecule has 4 aromatic rings. The Morgan fingerprint density at radius 1 is 1.15 bits per heavy atom. The van der Waals surface area contributed by atoms with Gasteiger partial charge in [0.25, 0.3) is 5.56 Å². The Labute approximate surface area is 225 Å². The smallest absolute Gasteiger partial charge is 0.252 e. The van der Waals surface area contributed by atoms with Gasteiger partial charge in [-0.05, 0) is 47.9 Å². The van der Waals surface area contributed by atoms with Crippen molar-refractivity contribution in [2.24, 2.45) is 0 Å². The fraction of sp³-hybridized carbons (Fsp3) is 0.429. The first kappa shape index (κ1) is 25.3. The minimum Gasteiger partial charge on any atom is -0.496 e. The highest BCUT2D eigenvalue weighted by Crippen LogP contribution is 2.36. The van der Waals surface area contributed by atoms with Crippen LogP contribution in [0.5, 0.6) is 17.2 Å². The molecule has 2 aromatic carbocycles. The minimum atomic E-state index is -0.154. The van der Waals surface area contributed by atoms with E-state index in [-0.39, 0.29) is 24.5 Å². The quantitative estimate of drug-likeness (QED) is 0.327. The molecule has 11 nitrogen and oxygen atoms in total. The van der Waals surface area contributed by atoms with Gasteiger partial charge in [0.2, 0.25) is 6.79 Å². The third-order valence-electron chi connectivity index (χ3n) is 7.44. The number of aromatic amines is 1. The van der Waals surface area contributed by atoms with Gasteiger partial charge in [-0.25, -0.2) is 4.68 Å². The molecule has 6 rings (SSSR count). The van der Waals surface area contributed by atoms with Crippen LogP contribution in [0.25, 0.3) is 10.9 Å². The van der Waals surface area contributed by atoms with Crippen molar-refractivity contribution in [2.75, 3.05) is 20.5 Å². The number of rotatable bonds is 10. The van der Waals surface area contributed by atoms with Crippen LogP contribution >= 0.6 is 0 Å². The van der Waals surface area contributed by atoms with E-state index in [1.54, 1.807) is 7.11 Å². The number of methoxy groups -OCH3 is 1. The summed E-state index contributed by atoms with van der Waals surface area (Å²) in [6, 6.07) is 13.4. The van der Waals surface area contributed by atoms with Crippen LogP contribution in [0.15, 0.2) is 47.3 Å². The monoisotopic (exact) mass is 532 g/mol. The fourth-order valence-corrected chi connectivity index (χ4v) is 5.47. The van der Waals surface area contributed by atoms with Crippen LogP contribution in [0.2, 0.25) is 0 Å². The number of para-hydroxylation sites is 1. The summed E-state index contributed by atoms with van der Waals surface area (Å²) in [5.41, 5.74) is 2.20. The zero-order valence-electron chi connectivity index (χ0n) is 22.1. The molecule has 2 aliphatic heterocycles. The van der Waals surface area contributed by atoms with E-state index in [9.17, 15) is 4.79 Å². The van der Waals surface area contributed by atoms with Crippen LogP contribution in [0.3, 0.4) is 0 Å². The highest BCUT2D eigenvalue weighted by Gasteiger charge is 2.28. The molecule has 1 N–H and O–H groups in total. The summed E-state index contributed by atoms with van der Waals surface area (Å²) in [4.78, 5) is 18.6. The van der Waals surface area contributed by atoms with Crippen molar-refractivity contribution < 1.29 is 18.9 Å². The first-order chi connectivity index (χ1) is 19.1. The zero-order valence-corrected chi connectivity index (χ0v) is 22.1. The standard InChI is InChI=1S/C28H32N6O5/c1-3-23(27-30-31-32-34(27)16-21-8-6-10-37-21)33(14-18-7-4-5-9-24(18)36-2)15-20-11-19-12-25-26(39-17-38-25)13-22(19)29-28(20)35/h4-5,7,9,11-13,21,23H,3,6,8,10,14-17H2,1-2H3,(H,29,35)/t21-,23-/m1/s1. The average molecular weight is 533 g/mol. The number of hydrogen-bond acceptors (Lipinski definition) is 9. The molecule has 2 aromatic heterocycles. The summed E-state index contributed by atoms with van der Waals surface area (Å²) in [6.45, 7) is 4.57. The molecule has 39 heavy (non-hydrogen) atoms. The molecule has 0 bridgehead atoms. The van der Waals surface area contributed by atoms with Crippen LogP contribution in [0.4, 0.5) is 0 Å². The molecule has 0 amide bonds.